The highest BCUT2D eigenvalue weighted by atomic mass is 16.5. The van der Waals surface area contributed by atoms with Crippen molar-refractivity contribution in [3.05, 3.63) is 59.7 Å². The lowest BCUT2D eigenvalue weighted by Crippen LogP contribution is -2.29. The van der Waals surface area contributed by atoms with E-state index in [0.29, 0.717) is 17.1 Å². The van der Waals surface area contributed by atoms with Crippen LogP contribution in [0.5, 0.6) is 5.75 Å². The number of carbonyl (C=O) groups excluding carboxylic acids is 2. The van der Waals surface area contributed by atoms with Gasteiger partial charge in [0, 0.05) is 24.1 Å². The van der Waals surface area contributed by atoms with Crippen LogP contribution in [0.25, 0.3) is 6.08 Å². The third-order valence-electron chi connectivity index (χ3n) is 5.49. The average molecular weight is 453 g/mol. The van der Waals surface area contributed by atoms with Crippen molar-refractivity contribution < 1.29 is 23.8 Å². The molecule has 0 aromatic heterocycles. The third-order valence-corrected chi connectivity index (χ3v) is 5.49. The monoisotopic (exact) mass is 452 g/mol. The van der Waals surface area contributed by atoms with Gasteiger partial charge in [0.2, 0.25) is 0 Å². The van der Waals surface area contributed by atoms with Crippen LogP contribution in [0.15, 0.2) is 48.5 Å². The molecule has 0 heterocycles. The summed E-state index contributed by atoms with van der Waals surface area (Å²) in [6, 6.07) is 12.0. The first kappa shape index (κ1) is 24.3. The van der Waals surface area contributed by atoms with Gasteiger partial charge in [0.25, 0.3) is 0 Å². The third kappa shape index (κ3) is 7.95. The number of rotatable bonds is 9. The standard InChI is InChI=1S/C26H32N2O5/c1-2-13-31-23-10-6-20(7-11-23)26(30)33-24-8-3-18(4-9-24)5-12-25(29)32-17-19-14-21(27)16-22(28)15-19/h3-5,8-9,12,14-16,20,23H,2,6-7,10-11,13,17,27-28H2,1H3/b12-5+. The second kappa shape index (κ2) is 12.1. The normalized spacial score (nSPS) is 18.2. The molecule has 1 aliphatic rings. The first-order chi connectivity index (χ1) is 15.9. The zero-order chi connectivity index (χ0) is 23.6. The molecule has 3 rings (SSSR count). The molecule has 0 spiro atoms. The van der Waals surface area contributed by atoms with Gasteiger partial charge < -0.3 is 25.7 Å². The van der Waals surface area contributed by atoms with Gasteiger partial charge in [-0.25, -0.2) is 4.79 Å². The van der Waals surface area contributed by atoms with E-state index < -0.39 is 5.97 Å². The van der Waals surface area contributed by atoms with Gasteiger partial charge in [-0.1, -0.05) is 19.1 Å². The molecule has 1 fully saturated rings. The van der Waals surface area contributed by atoms with Gasteiger partial charge in [0.05, 0.1) is 12.0 Å². The Bertz CT molecular complexity index is 943. The van der Waals surface area contributed by atoms with E-state index in [-0.39, 0.29) is 24.6 Å². The number of hydrogen-bond acceptors (Lipinski definition) is 7. The number of esters is 2. The molecular formula is C26H32N2O5. The van der Waals surface area contributed by atoms with Gasteiger partial charge in [-0.15, -0.1) is 0 Å². The topological polar surface area (TPSA) is 114 Å². The van der Waals surface area contributed by atoms with E-state index in [4.69, 9.17) is 25.7 Å². The Kier molecular flexibility index (Phi) is 8.89. The molecule has 33 heavy (non-hydrogen) atoms. The van der Waals surface area contributed by atoms with Gasteiger partial charge in [-0.2, -0.15) is 0 Å². The van der Waals surface area contributed by atoms with Crippen LogP contribution in [0.3, 0.4) is 0 Å². The van der Waals surface area contributed by atoms with E-state index in [1.165, 1.54) is 6.08 Å². The van der Waals surface area contributed by atoms with Crippen molar-refractivity contribution in [2.75, 3.05) is 18.1 Å². The highest BCUT2D eigenvalue weighted by Crippen LogP contribution is 2.28. The Hall–Kier alpha value is -3.32. The van der Waals surface area contributed by atoms with Crippen LogP contribution in [0.4, 0.5) is 11.4 Å². The molecule has 7 nitrogen and oxygen atoms in total. The second-order valence-electron chi connectivity index (χ2n) is 8.28. The fraction of sp³-hybridized carbons (Fsp3) is 0.385. The summed E-state index contributed by atoms with van der Waals surface area (Å²) in [6.07, 6.45) is 7.62. The minimum Gasteiger partial charge on any atom is -0.458 e. The lowest BCUT2D eigenvalue weighted by molar-refractivity contribution is -0.141. The number of benzene rings is 2. The molecule has 2 aromatic rings. The molecule has 4 N–H and O–H groups in total. The zero-order valence-corrected chi connectivity index (χ0v) is 19.0. The van der Waals surface area contributed by atoms with Crippen molar-refractivity contribution in [1.82, 2.24) is 0 Å². The summed E-state index contributed by atoms with van der Waals surface area (Å²) < 4.78 is 16.5. The summed E-state index contributed by atoms with van der Waals surface area (Å²) in [4.78, 5) is 24.4. The largest absolute Gasteiger partial charge is 0.458 e. The van der Waals surface area contributed by atoms with Crippen LogP contribution < -0.4 is 16.2 Å². The summed E-state index contributed by atoms with van der Waals surface area (Å²) >= 11 is 0. The van der Waals surface area contributed by atoms with E-state index in [1.54, 1.807) is 48.5 Å². The highest BCUT2D eigenvalue weighted by molar-refractivity contribution is 5.87. The molecule has 0 bridgehead atoms. The Balaban J connectivity index is 1.43. The van der Waals surface area contributed by atoms with Crippen molar-refractivity contribution in [3.63, 3.8) is 0 Å². The van der Waals surface area contributed by atoms with Gasteiger partial charge >= 0.3 is 11.9 Å². The predicted molar refractivity (Wildman–Crippen MR) is 128 cm³/mol. The van der Waals surface area contributed by atoms with Crippen molar-refractivity contribution in [1.29, 1.82) is 0 Å². The maximum Gasteiger partial charge on any atom is 0.331 e. The lowest BCUT2D eigenvalue weighted by Gasteiger charge is -2.27. The minimum absolute atomic E-state index is 0.0833. The quantitative estimate of drug-likeness (QED) is 0.249. The van der Waals surface area contributed by atoms with E-state index in [1.807, 2.05) is 0 Å². The van der Waals surface area contributed by atoms with Crippen LogP contribution in [-0.2, 0) is 25.7 Å². The zero-order valence-electron chi connectivity index (χ0n) is 19.0. The molecule has 1 saturated carbocycles. The molecule has 0 saturated heterocycles. The first-order valence-corrected chi connectivity index (χ1v) is 11.4. The van der Waals surface area contributed by atoms with E-state index in [2.05, 4.69) is 6.92 Å². The SMILES string of the molecule is CCCOC1CCC(C(=O)Oc2ccc(/C=C/C(=O)OCc3cc(N)cc(N)c3)cc2)CC1. The molecule has 0 radical (unpaired) electrons. The lowest BCUT2D eigenvalue weighted by atomic mass is 9.87. The smallest absolute Gasteiger partial charge is 0.331 e. The number of ether oxygens (including phenoxy) is 3. The molecule has 0 unspecified atom stereocenters. The van der Waals surface area contributed by atoms with Gasteiger partial charge in [0.1, 0.15) is 12.4 Å². The van der Waals surface area contributed by atoms with Crippen molar-refractivity contribution in [3.8, 4) is 5.75 Å². The molecule has 0 atom stereocenters. The van der Waals surface area contributed by atoms with E-state index in [0.717, 1.165) is 49.8 Å². The molecule has 176 valence electrons. The van der Waals surface area contributed by atoms with Crippen LogP contribution >= 0.6 is 0 Å². The molecule has 2 aromatic carbocycles. The second-order valence-corrected chi connectivity index (χ2v) is 8.28. The maximum absolute atomic E-state index is 12.5. The fourth-order valence-electron chi connectivity index (χ4n) is 3.79. The van der Waals surface area contributed by atoms with Crippen molar-refractivity contribution >= 4 is 29.4 Å². The molecule has 0 amide bonds. The average Bonchev–Trinajstić information content (AvgIpc) is 2.80. The summed E-state index contributed by atoms with van der Waals surface area (Å²) in [7, 11) is 0. The predicted octanol–water partition coefficient (Wildman–Crippen LogP) is 4.50. The molecule has 7 heteroatoms. The van der Waals surface area contributed by atoms with Gasteiger partial charge in [0.15, 0.2) is 0 Å². The first-order valence-electron chi connectivity index (χ1n) is 11.4. The van der Waals surface area contributed by atoms with E-state index >= 15 is 0 Å². The number of hydrogen-bond donors (Lipinski definition) is 2. The minimum atomic E-state index is -0.481. The van der Waals surface area contributed by atoms with Crippen LogP contribution in [0.2, 0.25) is 0 Å². The Labute approximate surface area is 194 Å². The fourth-order valence-corrected chi connectivity index (χ4v) is 3.79. The molecular weight excluding hydrogens is 420 g/mol. The maximum atomic E-state index is 12.5. The summed E-state index contributed by atoms with van der Waals surface area (Å²) in [5.74, 6) is -0.275. The summed E-state index contributed by atoms with van der Waals surface area (Å²) in [5.41, 5.74) is 14.0. The molecule has 0 aliphatic heterocycles. The van der Waals surface area contributed by atoms with Crippen LogP contribution in [0, 0.1) is 5.92 Å². The van der Waals surface area contributed by atoms with Crippen molar-refractivity contribution in [2.45, 2.75) is 51.7 Å². The Morgan fingerprint density at radius 2 is 1.67 bits per heavy atom. The summed E-state index contributed by atoms with van der Waals surface area (Å²) in [5, 5.41) is 0. The number of nitrogens with two attached hydrogens (primary N) is 2. The summed E-state index contributed by atoms with van der Waals surface area (Å²) in [6.45, 7) is 2.95. The highest BCUT2D eigenvalue weighted by Gasteiger charge is 2.28. The Morgan fingerprint density at radius 1 is 1.00 bits per heavy atom. The van der Waals surface area contributed by atoms with E-state index in [9.17, 15) is 9.59 Å². The molecule has 1 aliphatic carbocycles. The van der Waals surface area contributed by atoms with Crippen LogP contribution in [0.1, 0.15) is 50.2 Å². The van der Waals surface area contributed by atoms with Gasteiger partial charge in [-0.3, -0.25) is 4.79 Å². The van der Waals surface area contributed by atoms with Crippen molar-refractivity contribution in [2.24, 2.45) is 5.92 Å². The number of anilines is 2. The number of nitrogen functional groups attached to an aromatic ring is 2. The van der Waals surface area contributed by atoms with Gasteiger partial charge in [-0.05, 0) is 79.6 Å². The number of carbonyl (C=O) groups is 2. The van der Waals surface area contributed by atoms with Crippen LogP contribution in [-0.4, -0.2) is 24.6 Å². The Morgan fingerprint density at radius 3 is 2.30 bits per heavy atom.